The second-order valence-corrected chi connectivity index (χ2v) is 6.53. The molecule has 0 aliphatic rings. The van der Waals surface area contributed by atoms with Crippen molar-refractivity contribution in [2.45, 2.75) is 84.8 Å². The van der Waals surface area contributed by atoms with Gasteiger partial charge in [-0.15, -0.1) is 0 Å². The third kappa shape index (κ3) is 5.79. The quantitative estimate of drug-likeness (QED) is 0.653. The van der Waals surface area contributed by atoms with Crippen LogP contribution in [-0.2, 0) is 19.4 Å². The maximum Gasteiger partial charge on any atom is 0.0624 e. The van der Waals surface area contributed by atoms with Crippen molar-refractivity contribution >= 4 is 0 Å². The molecule has 0 aliphatic carbocycles. The van der Waals surface area contributed by atoms with Gasteiger partial charge in [0.05, 0.1) is 12.3 Å². The van der Waals surface area contributed by atoms with Crippen molar-refractivity contribution in [3.05, 3.63) is 17.5 Å². The van der Waals surface area contributed by atoms with Crippen molar-refractivity contribution in [2.75, 3.05) is 6.61 Å². The number of rotatable bonds is 10. The Balaban J connectivity index is 2.44. The smallest absolute Gasteiger partial charge is 0.0624 e. The molecule has 0 saturated heterocycles. The first kappa shape index (κ1) is 18.2. The van der Waals surface area contributed by atoms with Gasteiger partial charge in [0.15, 0.2) is 0 Å². The lowest BCUT2D eigenvalue weighted by atomic mass is 9.95. The fourth-order valence-corrected chi connectivity index (χ4v) is 2.84. The van der Waals surface area contributed by atoms with Gasteiger partial charge in [-0.25, -0.2) is 0 Å². The standard InChI is InChI=1S/C17H33N3O/c1-6-15-12-16(7-2)20(19-15)11-9-8-10-17(5,13-21)18-14(3)4/h12,14,18,21H,6-11,13H2,1-5H3. The van der Waals surface area contributed by atoms with Crippen LogP contribution in [0.4, 0.5) is 0 Å². The number of aryl methyl sites for hydroxylation is 3. The molecule has 1 aromatic heterocycles. The third-order valence-corrected chi connectivity index (χ3v) is 3.97. The molecule has 2 N–H and O–H groups in total. The molecular weight excluding hydrogens is 262 g/mol. The molecule has 21 heavy (non-hydrogen) atoms. The Morgan fingerprint density at radius 1 is 1.29 bits per heavy atom. The summed E-state index contributed by atoms with van der Waals surface area (Å²) in [6, 6.07) is 2.62. The molecule has 122 valence electrons. The van der Waals surface area contributed by atoms with Crippen molar-refractivity contribution in [1.29, 1.82) is 0 Å². The number of nitrogens with one attached hydrogen (secondary N) is 1. The molecule has 0 radical (unpaired) electrons. The molecule has 1 heterocycles. The van der Waals surface area contributed by atoms with E-state index in [0.717, 1.165) is 38.6 Å². The van der Waals surface area contributed by atoms with Crippen LogP contribution in [0.3, 0.4) is 0 Å². The van der Waals surface area contributed by atoms with Crippen molar-refractivity contribution < 1.29 is 5.11 Å². The number of aliphatic hydroxyl groups is 1. The number of aromatic nitrogens is 2. The van der Waals surface area contributed by atoms with Gasteiger partial charge in [0.1, 0.15) is 0 Å². The molecule has 0 bridgehead atoms. The fourth-order valence-electron chi connectivity index (χ4n) is 2.84. The minimum absolute atomic E-state index is 0.166. The van der Waals surface area contributed by atoms with Crippen LogP contribution < -0.4 is 5.32 Å². The van der Waals surface area contributed by atoms with E-state index in [1.807, 2.05) is 0 Å². The van der Waals surface area contributed by atoms with E-state index < -0.39 is 0 Å². The second kappa shape index (κ2) is 8.54. The SMILES string of the molecule is CCc1cc(CC)n(CCCCC(C)(CO)NC(C)C)n1. The summed E-state index contributed by atoms with van der Waals surface area (Å²) in [6.07, 6.45) is 5.23. The average molecular weight is 295 g/mol. The van der Waals surface area contributed by atoms with Crippen LogP contribution >= 0.6 is 0 Å². The van der Waals surface area contributed by atoms with Crippen LogP contribution in [0.1, 0.15) is 65.3 Å². The molecule has 0 amide bonds. The van der Waals surface area contributed by atoms with E-state index >= 15 is 0 Å². The number of aliphatic hydroxyl groups excluding tert-OH is 1. The molecule has 0 spiro atoms. The molecule has 1 rings (SSSR count). The van der Waals surface area contributed by atoms with Crippen LogP contribution in [0.15, 0.2) is 6.07 Å². The summed E-state index contributed by atoms with van der Waals surface area (Å²) in [5.41, 5.74) is 2.35. The van der Waals surface area contributed by atoms with Gasteiger partial charge in [0, 0.05) is 23.8 Å². The summed E-state index contributed by atoms with van der Waals surface area (Å²) in [5.74, 6) is 0. The van der Waals surface area contributed by atoms with Gasteiger partial charge in [-0.3, -0.25) is 4.68 Å². The molecule has 1 atom stereocenters. The van der Waals surface area contributed by atoms with Gasteiger partial charge >= 0.3 is 0 Å². The zero-order valence-corrected chi connectivity index (χ0v) is 14.4. The Hall–Kier alpha value is -0.870. The Kier molecular flexibility index (Phi) is 7.40. The highest BCUT2D eigenvalue weighted by Gasteiger charge is 2.23. The molecule has 4 heteroatoms. The van der Waals surface area contributed by atoms with E-state index in [4.69, 9.17) is 0 Å². The Labute approximate surface area is 129 Å². The summed E-state index contributed by atoms with van der Waals surface area (Å²) in [6.45, 7) is 11.8. The van der Waals surface area contributed by atoms with Gasteiger partial charge in [0.25, 0.3) is 0 Å². The van der Waals surface area contributed by atoms with Gasteiger partial charge in [-0.1, -0.05) is 27.7 Å². The lowest BCUT2D eigenvalue weighted by Gasteiger charge is -2.31. The largest absolute Gasteiger partial charge is 0.394 e. The van der Waals surface area contributed by atoms with E-state index in [1.165, 1.54) is 11.4 Å². The molecule has 0 aliphatic heterocycles. The van der Waals surface area contributed by atoms with E-state index in [2.05, 4.69) is 55.8 Å². The Morgan fingerprint density at radius 2 is 2.00 bits per heavy atom. The summed E-state index contributed by atoms with van der Waals surface area (Å²) >= 11 is 0. The monoisotopic (exact) mass is 295 g/mol. The number of hydrogen-bond donors (Lipinski definition) is 2. The van der Waals surface area contributed by atoms with Crippen LogP contribution in [0.2, 0.25) is 0 Å². The van der Waals surface area contributed by atoms with E-state index in [9.17, 15) is 5.11 Å². The molecule has 0 aromatic carbocycles. The zero-order chi connectivity index (χ0) is 15.9. The van der Waals surface area contributed by atoms with E-state index in [0.29, 0.717) is 6.04 Å². The van der Waals surface area contributed by atoms with Crippen molar-refractivity contribution in [3.8, 4) is 0 Å². The normalized spacial score (nSPS) is 14.6. The second-order valence-electron chi connectivity index (χ2n) is 6.53. The number of hydrogen-bond acceptors (Lipinski definition) is 3. The third-order valence-electron chi connectivity index (χ3n) is 3.97. The maximum absolute atomic E-state index is 9.59. The molecular formula is C17H33N3O. The minimum atomic E-state index is -0.166. The number of unbranched alkanes of at least 4 members (excludes halogenated alkanes) is 1. The summed E-state index contributed by atoms with van der Waals surface area (Å²) in [7, 11) is 0. The average Bonchev–Trinajstić information content (AvgIpc) is 2.85. The molecule has 1 aromatic rings. The van der Waals surface area contributed by atoms with E-state index in [1.54, 1.807) is 0 Å². The van der Waals surface area contributed by atoms with Crippen LogP contribution in [0.5, 0.6) is 0 Å². The predicted octanol–water partition coefficient (Wildman–Crippen LogP) is 2.93. The first-order valence-electron chi connectivity index (χ1n) is 8.38. The van der Waals surface area contributed by atoms with Gasteiger partial charge in [-0.05, 0) is 45.1 Å². The first-order chi connectivity index (χ1) is 9.94. The fraction of sp³-hybridized carbons (Fsp3) is 0.824. The summed E-state index contributed by atoms with van der Waals surface area (Å²) in [5, 5.41) is 17.7. The van der Waals surface area contributed by atoms with Crippen molar-refractivity contribution in [2.24, 2.45) is 0 Å². The zero-order valence-electron chi connectivity index (χ0n) is 14.4. The topological polar surface area (TPSA) is 50.1 Å². The highest BCUT2D eigenvalue weighted by molar-refractivity contribution is 5.10. The van der Waals surface area contributed by atoms with Crippen LogP contribution in [0.25, 0.3) is 0 Å². The molecule has 0 fully saturated rings. The van der Waals surface area contributed by atoms with Crippen LogP contribution in [0, 0.1) is 0 Å². The van der Waals surface area contributed by atoms with Crippen molar-refractivity contribution in [1.82, 2.24) is 15.1 Å². The maximum atomic E-state index is 9.59. The lowest BCUT2D eigenvalue weighted by Crippen LogP contribution is -2.49. The Bertz CT molecular complexity index is 414. The minimum Gasteiger partial charge on any atom is -0.394 e. The molecule has 0 saturated carbocycles. The molecule has 4 nitrogen and oxygen atoms in total. The highest BCUT2D eigenvalue weighted by Crippen LogP contribution is 2.15. The van der Waals surface area contributed by atoms with Gasteiger partial charge < -0.3 is 10.4 Å². The first-order valence-corrected chi connectivity index (χ1v) is 8.38. The van der Waals surface area contributed by atoms with Crippen molar-refractivity contribution in [3.63, 3.8) is 0 Å². The highest BCUT2D eigenvalue weighted by atomic mass is 16.3. The predicted molar refractivity (Wildman–Crippen MR) is 88.6 cm³/mol. The Morgan fingerprint density at radius 3 is 2.52 bits per heavy atom. The van der Waals surface area contributed by atoms with E-state index in [-0.39, 0.29) is 12.1 Å². The summed E-state index contributed by atoms with van der Waals surface area (Å²) < 4.78 is 2.16. The van der Waals surface area contributed by atoms with Crippen LogP contribution in [-0.4, -0.2) is 33.1 Å². The summed E-state index contributed by atoms with van der Waals surface area (Å²) in [4.78, 5) is 0. The molecule has 1 unspecified atom stereocenters. The number of nitrogens with zero attached hydrogens (tertiary/aromatic N) is 2. The van der Waals surface area contributed by atoms with Gasteiger partial charge in [0.2, 0.25) is 0 Å². The lowest BCUT2D eigenvalue weighted by molar-refractivity contribution is 0.153. The van der Waals surface area contributed by atoms with Gasteiger partial charge in [-0.2, -0.15) is 5.10 Å².